The average Bonchev–Trinajstić information content (AvgIpc) is 2.51. The van der Waals surface area contributed by atoms with E-state index in [1.807, 2.05) is 0 Å². The third-order valence-electron chi connectivity index (χ3n) is 1.90. The SMILES string of the molecule is CCC(C)(N)c1nc(C(F)(F)F)no1. The molecule has 0 aliphatic rings. The Kier molecular flexibility index (Phi) is 2.53. The molecule has 0 aromatic carbocycles. The number of aromatic nitrogens is 2. The van der Waals surface area contributed by atoms with Crippen LogP contribution in [0.15, 0.2) is 4.52 Å². The first-order valence-corrected chi connectivity index (χ1v) is 3.97. The molecule has 4 nitrogen and oxygen atoms in total. The lowest BCUT2D eigenvalue weighted by atomic mass is 10.0. The van der Waals surface area contributed by atoms with Gasteiger partial charge in [0, 0.05) is 0 Å². The van der Waals surface area contributed by atoms with E-state index in [4.69, 9.17) is 5.73 Å². The van der Waals surface area contributed by atoms with Crippen LogP contribution in [0.2, 0.25) is 0 Å². The molecule has 80 valence electrons. The standard InChI is InChI=1S/C7H10F3N3O/c1-3-6(2,11)5-12-4(13-14-5)7(8,9)10/h3,11H2,1-2H3. The van der Waals surface area contributed by atoms with Crippen molar-refractivity contribution in [3.8, 4) is 0 Å². The minimum Gasteiger partial charge on any atom is -0.337 e. The van der Waals surface area contributed by atoms with Gasteiger partial charge in [-0.2, -0.15) is 18.2 Å². The Morgan fingerprint density at radius 3 is 2.36 bits per heavy atom. The van der Waals surface area contributed by atoms with E-state index in [2.05, 4.69) is 14.7 Å². The van der Waals surface area contributed by atoms with E-state index in [0.29, 0.717) is 6.42 Å². The highest BCUT2D eigenvalue weighted by Gasteiger charge is 2.39. The molecule has 0 bridgehead atoms. The van der Waals surface area contributed by atoms with Crippen LogP contribution in [0.3, 0.4) is 0 Å². The molecule has 1 aromatic heterocycles. The van der Waals surface area contributed by atoms with Crippen molar-refractivity contribution in [3.05, 3.63) is 11.7 Å². The summed E-state index contributed by atoms with van der Waals surface area (Å²) in [5.41, 5.74) is 4.61. The number of hydrogen-bond acceptors (Lipinski definition) is 4. The van der Waals surface area contributed by atoms with Gasteiger partial charge in [-0.05, 0) is 13.3 Å². The van der Waals surface area contributed by atoms with Crippen molar-refractivity contribution < 1.29 is 17.7 Å². The van der Waals surface area contributed by atoms with Crippen molar-refractivity contribution >= 4 is 0 Å². The number of alkyl halides is 3. The number of nitrogens with zero attached hydrogens (tertiary/aromatic N) is 2. The lowest BCUT2D eigenvalue weighted by molar-refractivity contribution is -0.146. The van der Waals surface area contributed by atoms with Gasteiger partial charge in [0.2, 0.25) is 5.89 Å². The normalized spacial score (nSPS) is 16.7. The first-order valence-electron chi connectivity index (χ1n) is 3.97. The second-order valence-electron chi connectivity index (χ2n) is 3.19. The molecule has 0 aliphatic heterocycles. The Morgan fingerprint density at radius 2 is 2.00 bits per heavy atom. The van der Waals surface area contributed by atoms with E-state index >= 15 is 0 Å². The largest absolute Gasteiger partial charge is 0.455 e. The zero-order valence-corrected chi connectivity index (χ0v) is 7.72. The molecule has 0 radical (unpaired) electrons. The van der Waals surface area contributed by atoms with E-state index in [9.17, 15) is 13.2 Å². The van der Waals surface area contributed by atoms with Crippen molar-refractivity contribution in [1.82, 2.24) is 10.1 Å². The molecular weight excluding hydrogens is 199 g/mol. The second kappa shape index (κ2) is 3.23. The Bertz CT molecular complexity index is 318. The molecule has 0 saturated carbocycles. The predicted octanol–water partition coefficient (Wildman–Crippen LogP) is 1.67. The van der Waals surface area contributed by atoms with Crippen LogP contribution in [0.4, 0.5) is 13.2 Å². The molecular formula is C7H10F3N3O. The molecule has 0 aliphatic carbocycles. The highest BCUT2D eigenvalue weighted by atomic mass is 19.4. The summed E-state index contributed by atoms with van der Waals surface area (Å²) in [5, 5.41) is 2.81. The third kappa shape index (κ3) is 2.03. The van der Waals surface area contributed by atoms with Crippen LogP contribution in [-0.4, -0.2) is 10.1 Å². The zero-order valence-electron chi connectivity index (χ0n) is 7.72. The van der Waals surface area contributed by atoms with Crippen LogP contribution in [0.5, 0.6) is 0 Å². The summed E-state index contributed by atoms with van der Waals surface area (Å²) in [6.07, 6.45) is -4.18. The fraction of sp³-hybridized carbons (Fsp3) is 0.714. The summed E-state index contributed by atoms with van der Waals surface area (Å²) >= 11 is 0. The molecule has 0 saturated heterocycles. The van der Waals surface area contributed by atoms with Crippen LogP contribution < -0.4 is 5.73 Å². The van der Waals surface area contributed by atoms with Gasteiger partial charge in [0.25, 0.3) is 5.82 Å². The highest BCUT2D eigenvalue weighted by molar-refractivity contribution is 5.00. The summed E-state index contributed by atoms with van der Waals surface area (Å²) < 4.78 is 40.6. The van der Waals surface area contributed by atoms with Crippen molar-refractivity contribution in [2.24, 2.45) is 5.73 Å². The fourth-order valence-corrected chi connectivity index (χ4v) is 0.722. The molecule has 1 rings (SSSR count). The monoisotopic (exact) mass is 209 g/mol. The molecule has 2 N–H and O–H groups in total. The van der Waals surface area contributed by atoms with Crippen LogP contribution in [0, 0.1) is 0 Å². The molecule has 1 atom stereocenters. The second-order valence-corrected chi connectivity index (χ2v) is 3.19. The van der Waals surface area contributed by atoms with E-state index < -0.39 is 17.5 Å². The fourth-order valence-electron chi connectivity index (χ4n) is 0.722. The molecule has 0 spiro atoms. The maximum absolute atomic E-state index is 12.1. The number of nitrogens with two attached hydrogens (primary N) is 1. The first-order chi connectivity index (χ1) is 6.27. The number of hydrogen-bond donors (Lipinski definition) is 1. The topological polar surface area (TPSA) is 64.9 Å². The van der Waals surface area contributed by atoms with Gasteiger partial charge in [-0.15, -0.1) is 0 Å². The van der Waals surface area contributed by atoms with Gasteiger partial charge in [0.05, 0.1) is 5.54 Å². The third-order valence-corrected chi connectivity index (χ3v) is 1.90. The van der Waals surface area contributed by atoms with E-state index in [1.165, 1.54) is 6.92 Å². The van der Waals surface area contributed by atoms with Gasteiger partial charge in [-0.1, -0.05) is 12.1 Å². The summed E-state index contributed by atoms with van der Waals surface area (Å²) in [6.45, 7) is 3.25. The average molecular weight is 209 g/mol. The van der Waals surface area contributed by atoms with Gasteiger partial charge in [0.15, 0.2) is 0 Å². The van der Waals surface area contributed by atoms with E-state index in [0.717, 1.165) is 0 Å². The first kappa shape index (κ1) is 11.0. The van der Waals surface area contributed by atoms with Crippen LogP contribution in [0.25, 0.3) is 0 Å². The molecule has 1 unspecified atom stereocenters. The maximum atomic E-state index is 12.1. The van der Waals surface area contributed by atoms with E-state index in [-0.39, 0.29) is 5.89 Å². The van der Waals surface area contributed by atoms with Gasteiger partial charge in [0.1, 0.15) is 0 Å². The quantitative estimate of drug-likeness (QED) is 0.804. The summed E-state index contributed by atoms with van der Waals surface area (Å²) in [6, 6.07) is 0. The van der Waals surface area contributed by atoms with Gasteiger partial charge in [-0.25, -0.2) is 0 Å². The Morgan fingerprint density at radius 1 is 1.43 bits per heavy atom. The van der Waals surface area contributed by atoms with Crippen LogP contribution in [-0.2, 0) is 11.7 Å². The van der Waals surface area contributed by atoms with Crippen LogP contribution in [0.1, 0.15) is 32.0 Å². The smallest absolute Gasteiger partial charge is 0.337 e. The van der Waals surface area contributed by atoms with Gasteiger partial charge < -0.3 is 10.3 Å². The Labute approximate surface area is 78.3 Å². The van der Waals surface area contributed by atoms with Crippen molar-refractivity contribution in [3.63, 3.8) is 0 Å². The van der Waals surface area contributed by atoms with Crippen LogP contribution >= 0.6 is 0 Å². The predicted molar refractivity (Wildman–Crippen MR) is 41.1 cm³/mol. The molecule has 1 heterocycles. The Balaban J connectivity index is 3.00. The van der Waals surface area contributed by atoms with Gasteiger partial charge in [-0.3, -0.25) is 0 Å². The minimum atomic E-state index is -4.59. The number of rotatable bonds is 2. The molecule has 0 amide bonds. The molecule has 7 heteroatoms. The summed E-state index contributed by atoms with van der Waals surface area (Å²) in [4.78, 5) is 3.20. The van der Waals surface area contributed by atoms with Crippen molar-refractivity contribution in [1.29, 1.82) is 0 Å². The lowest BCUT2D eigenvalue weighted by Gasteiger charge is -2.16. The Hall–Kier alpha value is -1.11. The number of halogens is 3. The van der Waals surface area contributed by atoms with Crippen molar-refractivity contribution in [2.45, 2.75) is 32.0 Å². The zero-order chi connectivity index (χ0) is 11.0. The minimum absolute atomic E-state index is 0.202. The molecule has 14 heavy (non-hydrogen) atoms. The summed E-state index contributed by atoms with van der Waals surface area (Å²) in [5.74, 6) is -1.50. The molecule has 1 aromatic rings. The highest BCUT2D eigenvalue weighted by Crippen LogP contribution is 2.28. The lowest BCUT2D eigenvalue weighted by Crippen LogP contribution is -2.32. The van der Waals surface area contributed by atoms with E-state index in [1.54, 1.807) is 6.92 Å². The summed E-state index contributed by atoms with van der Waals surface area (Å²) in [7, 11) is 0. The maximum Gasteiger partial charge on any atom is 0.455 e. The van der Waals surface area contributed by atoms with Gasteiger partial charge >= 0.3 is 6.18 Å². The van der Waals surface area contributed by atoms with Crippen molar-refractivity contribution in [2.75, 3.05) is 0 Å². The molecule has 0 fully saturated rings.